The van der Waals surface area contributed by atoms with E-state index in [0.29, 0.717) is 0 Å². The Bertz CT molecular complexity index is 571. The van der Waals surface area contributed by atoms with Crippen LogP contribution in [0.5, 0.6) is 0 Å². The van der Waals surface area contributed by atoms with Crippen LogP contribution in [0.25, 0.3) is 0 Å². The lowest BCUT2D eigenvalue weighted by Gasteiger charge is -2.36. The number of aromatic nitrogens is 1. The van der Waals surface area contributed by atoms with E-state index >= 15 is 0 Å². The molecule has 2 nitrogen and oxygen atoms in total. The number of carbonyl (C=O) groups is 1. The van der Waals surface area contributed by atoms with Crippen LogP contribution in [0.2, 0.25) is 0 Å². The predicted molar refractivity (Wildman–Crippen MR) is 79.8 cm³/mol. The van der Waals surface area contributed by atoms with Gasteiger partial charge in [0, 0.05) is 18.0 Å². The summed E-state index contributed by atoms with van der Waals surface area (Å²) in [7, 11) is 0. The van der Waals surface area contributed by atoms with Crippen molar-refractivity contribution in [3.8, 4) is 0 Å². The lowest BCUT2D eigenvalue weighted by atomic mass is 9.65. The summed E-state index contributed by atoms with van der Waals surface area (Å²) >= 11 is 0. The van der Waals surface area contributed by atoms with Crippen LogP contribution in [0.15, 0.2) is 54.9 Å². The second-order valence-corrected chi connectivity index (χ2v) is 5.58. The van der Waals surface area contributed by atoms with Gasteiger partial charge in [0.25, 0.3) is 0 Å². The molecular formula is C18H19NO. The molecule has 0 N–H and O–H groups in total. The number of hydrogen-bond acceptors (Lipinski definition) is 2. The zero-order valence-corrected chi connectivity index (χ0v) is 11.6. The normalized spacial score (nSPS) is 17.6. The van der Waals surface area contributed by atoms with E-state index in [1.807, 2.05) is 30.3 Å². The smallest absolute Gasteiger partial charge is 0.174 e. The molecule has 0 aliphatic heterocycles. The van der Waals surface area contributed by atoms with Crippen molar-refractivity contribution in [1.82, 2.24) is 4.98 Å². The van der Waals surface area contributed by atoms with Gasteiger partial charge in [0.05, 0.1) is 5.41 Å². The van der Waals surface area contributed by atoms with Crippen molar-refractivity contribution in [3.05, 3.63) is 66.0 Å². The summed E-state index contributed by atoms with van der Waals surface area (Å²) < 4.78 is 0. The molecule has 0 bridgehead atoms. The van der Waals surface area contributed by atoms with Crippen LogP contribution in [-0.4, -0.2) is 10.8 Å². The minimum absolute atomic E-state index is 0.233. The monoisotopic (exact) mass is 265 g/mol. The van der Waals surface area contributed by atoms with Crippen molar-refractivity contribution in [2.45, 2.75) is 37.5 Å². The Hall–Kier alpha value is -1.96. The van der Waals surface area contributed by atoms with Gasteiger partial charge in [-0.05, 0) is 30.5 Å². The fourth-order valence-electron chi connectivity index (χ4n) is 3.33. The van der Waals surface area contributed by atoms with Crippen LogP contribution in [0.3, 0.4) is 0 Å². The van der Waals surface area contributed by atoms with Gasteiger partial charge in [-0.15, -0.1) is 0 Å². The highest BCUT2D eigenvalue weighted by atomic mass is 16.1. The molecule has 3 rings (SSSR count). The molecule has 1 aliphatic rings. The Morgan fingerprint density at radius 2 is 1.70 bits per heavy atom. The number of carbonyl (C=O) groups excluding carboxylic acids is 1. The summed E-state index contributed by atoms with van der Waals surface area (Å²) in [4.78, 5) is 17.2. The molecule has 0 unspecified atom stereocenters. The highest BCUT2D eigenvalue weighted by Crippen LogP contribution is 2.41. The first-order valence-electron chi connectivity index (χ1n) is 7.33. The number of Topliss-reactive ketones (excluding diaryl/α,β-unsaturated/α-hetero) is 1. The summed E-state index contributed by atoms with van der Waals surface area (Å²) in [6.07, 6.45) is 8.79. The molecule has 0 atom stereocenters. The lowest BCUT2D eigenvalue weighted by molar-refractivity contribution is 0.0839. The number of nitrogens with zero attached hydrogens (tertiary/aromatic N) is 1. The maximum absolute atomic E-state index is 13.1. The van der Waals surface area contributed by atoms with Crippen LogP contribution in [0.4, 0.5) is 0 Å². The molecule has 0 radical (unpaired) electrons. The SMILES string of the molecule is O=C(c1cccnc1)C1(c2ccccc2)CCCCC1. The minimum Gasteiger partial charge on any atom is -0.293 e. The lowest BCUT2D eigenvalue weighted by Crippen LogP contribution is -2.38. The molecule has 1 heterocycles. The number of ketones is 1. The molecule has 2 aromatic rings. The van der Waals surface area contributed by atoms with E-state index in [4.69, 9.17) is 0 Å². The van der Waals surface area contributed by atoms with Gasteiger partial charge in [-0.25, -0.2) is 0 Å². The number of benzene rings is 1. The highest BCUT2D eigenvalue weighted by Gasteiger charge is 2.41. The van der Waals surface area contributed by atoms with Crippen molar-refractivity contribution in [3.63, 3.8) is 0 Å². The fraction of sp³-hybridized carbons (Fsp3) is 0.333. The van der Waals surface area contributed by atoms with Gasteiger partial charge in [-0.2, -0.15) is 0 Å². The molecule has 1 aromatic carbocycles. The number of hydrogen-bond donors (Lipinski definition) is 0. The van der Waals surface area contributed by atoms with E-state index in [1.165, 1.54) is 6.42 Å². The average Bonchev–Trinajstić information content (AvgIpc) is 2.56. The fourth-order valence-corrected chi connectivity index (χ4v) is 3.33. The summed E-state index contributed by atoms with van der Waals surface area (Å²) in [5, 5.41) is 0. The third-order valence-corrected chi connectivity index (χ3v) is 4.39. The number of pyridine rings is 1. The third kappa shape index (κ3) is 2.26. The van der Waals surface area contributed by atoms with Gasteiger partial charge >= 0.3 is 0 Å². The maximum Gasteiger partial charge on any atom is 0.174 e. The second kappa shape index (κ2) is 5.58. The van der Waals surface area contributed by atoms with Crippen LogP contribution in [-0.2, 0) is 5.41 Å². The van der Waals surface area contributed by atoms with Crippen molar-refractivity contribution in [2.24, 2.45) is 0 Å². The third-order valence-electron chi connectivity index (χ3n) is 4.39. The Morgan fingerprint density at radius 3 is 2.35 bits per heavy atom. The van der Waals surface area contributed by atoms with E-state index in [-0.39, 0.29) is 11.2 Å². The van der Waals surface area contributed by atoms with Crippen molar-refractivity contribution < 1.29 is 4.79 Å². The zero-order chi connectivity index (χ0) is 13.8. The first-order valence-corrected chi connectivity index (χ1v) is 7.33. The van der Waals surface area contributed by atoms with E-state index in [9.17, 15) is 4.79 Å². The van der Waals surface area contributed by atoms with Crippen LogP contribution < -0.4 is 0 Å². The molecule has 102 valence electrons. The van der Waals surface area contributed by atoms with Crippen molar-refractivity contribution >= 4 is 5.78 Å². The molecule has 1 saturated carbocycles. The van der Waals surface area contributed by atoms with Gasteiger partial charge in [-0.1, -0.05) is 49.6 Å². The topological polar surface area (TPSA) is 30.0 Å². The summed E-state index contributed by atoms with van der Waals surface area (Å²) in [6, 6.07) is 14.0. The molecular weight excluding hydrogens is 246 g/mol. The Balaban J connectivity index is 2.05. The molecule has 0 saturated heterocycles. The van der Waals surface area contributed by atoms with Crippen LogP contribution in [0, 0.1) is 0 Å². The highest BCUT2D eigenvalue weighted by molar-refractivity contribution is 6.04. The van der Waals surface area contributed by atoms with E-state index in [0.717, 1.165) is 36.8 Å². The second-order valence-electron chi connectivity index (χ2n) is 5.58. The summed E-state index contributed by atoms with van der Waals surface area (Å²) in [5.41, 5.74) is 1.55. The summed E-state index contributed by atoms with van der Waals surface area (Å²) in [5.74, 6) is 0.233. The Kier molecular flexibility index (Phi) is 3.64. The molecule has 1 fully saturated rings. The minimum atomic E-state index is -0.345. The average molecular weight is 265 g/mol. The molecule has 1 aliphatic carbocycles. The molecule has 20 heavy (non-hydrogen) atoms. The molecule has 0 spiro atoms. The zero-order valence-electron chi connectivity index (χ0n) is 11.6. The first kappa shape index (κ1) is 13.0. The van der Waals surface area contributed by atoms with Gasteiger partial charge in [0.15, 0.2) is 5.78 Å². The largest absolute Gasteiger partial charge is 0.293 e. The molecule has 1 aromatic heterocycles. The summed E-state index contributed by atoms with van der Waals surface area (Å²) in [6.45, 7) is 0. The van der Waals surface area contributed by atoms with Gasteiger partial charge < -0.3 is 0 Å². The number of rotatable bonds is 3. The van der Waals surface area contributed by atoms with E-state index < -0.39 is 0 Å². The van der Waals surface area contributed by atoms with Crippen LogP contribution >= 0.6 is 0 Å². The standard InChI is InChI=1S/C18H19NO/c20-17(15-8-7-13-19-14-15)18(11-5-2-6-12-18)16-9-3-1-4-10-16/h1,3-4,7-10,13-14H,2,5-6,11-12H2. The van der Waals surface area contributed by atoms with Gasteiger partial charge in [0.2, 0.25) is 0 Å². The van der Waals surface area contributed by atoms with Crippen molar-refractivity contribution in [2.75, 3.05) is 0 Å². The molecule has 2 heteroatoms. The predicted octanol–water partition coefficient (Wildman–Crippen LogP) is 4.17. The van der Waals surface area contributed by atoms with E-state index in [2.05, 4.69) is 17.1 Å². The van der Waals surface area contributed by atoms with Crippen LogP contribution in [0.1, 0.15) is 48.0 Å². The quantitative estimate of drug-likeness (QED) is 0.780. The first-order chi connectivity index (χ1) is 9.83. The Morgan fingerprint density at radius 1 is 0.950 bits per heavy atom. The maximum atomic E-state index is 13.1. The Labute approximate surface area is 119 Å². The van der Waals surface area contributed by atoms with Gasteiger partial charge in [0.1, 0.15) is 0 Å². The van der Waals surface area contributed by atoms with Gasteiger partial charge in [-0.3, -0.25) is 9.78 Å². The van der Waals surface area contributed by atoms with E-state index in [1.54, 1.807) is 12.4 Å². The van der Waals surface area contributed by atoms with Crippen molar-refractivity contribution in [1.29, 1.82) is 0 Å². The molecule has 0 amide bonds.